The predicted octanol–water partition coefficient (Wildman–Crippen LogP) is 2.05. The quantitative estimate of drug-likeness (QED) is 0.672. The molecule has 0 aliphatic rings. The van der Waals surface area contributed by atoms with Crippen LogP contribution in [0.15, 0.2) is 18.3 Å². The monoisotopic (exact) mass is 192 g/mol. The van der Waals surface area contributed by atoms with Crippen LogP contribution in [-0.4, -0.2) is 15.6 Å². The van der Waals surface area contributed by atoms with Gasteiger partial charge in [-0.2, -0.15) is 5.10 Å². The van der Waals surface area contributed by atoms with Crippen molar-refractivity contribution in [1.29, 1.82) is 0 Å². The zero-order chi connectivity index (χ0) is 10.8. The van der Waals surface area contributed by atoms with E-state index in [9.17, 15) is 4.79 Å². The molecule has 76 valence electrons. The van der Waals surface area contributed by atoms with E-state index in [0.717, 1.165) is 5.69 Å². The SMILES string of the molecule is Cn1ccc(/C=C/C(=O)C(C)(C)C)n1. The molecule has 1 aromatic rings. The van der Waals surface area contributed by atoms with E-state index in [2.05, 4.69) is 5.10 Å². The molecule has 1 aromatic heterocycles. The fraction of sp³-hybridized carbons (Fsp3) is 0.455. The average Bonchev–Trinajstić information content (AvgIpc) is 2.45. The maximum Gasteiger partial charge on any atom is 0.161 e. The number of carbonyl (C=O) groups excluding carboxylic acids is 1. The van der Waals surface area contributed by atoms with Gasteiger partial charge < -0.3 is 0 Å². The summed E-state index contributed by atoms with van der Waals surface area (Å²) < 4.78 is 1.71. The van der Waals surface area contributed by atoms with Gasteiger partial charge in [-0.25, -0.2) is 0 Å². The van der Waals surface area contributed by atoms with E-state index in [0.29, 0.717) is 0 Å². The molecule has 3 heteroatoms. The molecule has 0 aromatic carbocycles. The molecule has 0 radical (unpaired) electrons. The lowest BCUT2D eigenvalue weighted by molar-refractivity contribution is -0.121. The number of nitrogens with zero attached hydrogens (tertiary/aromatic N) is 2. The van der Waals surface area contributed by atoms with Crippen molar-refractivity contribution in [2.45, 2.75) is 20.8 Å². The van der Waals surface area contributed by atoms with E-state index < -0.39 is 0 Å². The van der Waals surface area contributed by atoms with Crippen LogP contribution >= 0.6 is 0 Å². The number of carbonyl (C=O) groups is 1. The first-order valence-electron chi connectivity index (χ1n) is 4.62. The molecule has 0 aliphatic heterocycles. The summed E-state index contributed by atoms with van der Waals surface area (Å²) in [5, 5.41) is 4.14. The fourth-order valence-corrected chi connectivity index (χ4v) is 0.933. The molecule has 0 amide bonds. The minimum absolute atomic E-state index is 0.114. The van der Waals surface area contributed by atoms with Crippen LogP contribution in [0.25, 0.3) is 6.08 Å². The summed E-state index contributed by atoms with van der Waals surface area (Å²) in [4.78, 5) is 11.5. The van der Waals surface area contributed by atoms with Crippen LogP contribution in [0, 0.1) is 5.41 Å². The van der Waals surface area contributed by atoms with Crippen molar-refractivity contribution < 1.29 is 4.79 Å². The number of aryl methyl sites for hydroxylation is 1. The highest BCUT2D eigenvalue weighted by molar-refractivity contribution is 5.97. The van der Waals surface area contributed by atoms with Crippen molar-refractivity contribution in [2.24, 2.45) is 12.5 Å². The molecule has 14 heavy (non-hydrogen) atoms. The van der Waals surface area contributed by atoms with Crippen molar-refractivity contribution >= 4 is 11.9 Å². The minimum Gasteiger partial charge on any atom is -0.294 e. The van der Waals surface area contributed by atoms with Crippen LogP contribution in [0.4, 0.5) is 0 Å². The minimum atomic E-state index is -0.314. The molecule has 0 saturated heterocycles. The Morgan fingerprint density at radius 3 is 2.57 bits per heavy atom. The number of aromatic nitrogens is 2. The Morgan fingerprint density at radius 2 is 2.14 bits per heavy atom. The summed E-state index contributed by atoms with van der Waals surface area (Å²) in [5.41, 5.74) is 0.496. The van der Waals surface area contributed by atoms with E-state index >= 15 is 0 Å². The summed E-state index contributed by atoms with van der Waals surface area (Å²) in [7, 11) is 1.85. The van der Waals surface area contributed by atoms with Crippen LogP contribution < -0.4 is 0 Å². The fourth-order valence-electron chi connectivity index (χ4n) is 0.933. The molecular formula is C11H16N2O. The number of allylic oxidation sites excluding steroid dienone is 1. The van der Waals surface area contributed by atoms with Crippen LogP contribution in [0.1, 0.15) is 26.5 Å². The highest BCUT2D eigenvalue weighted by atomic mass is 16.1. The van der Waals surface area contributed by atoms with E-state index in [1.165, 1.54) is 0 Å². The summed E-state index contributed by atoms with van der Waals surface area (Å²) in [5.74, 6) is 0.114. The third-order valence-electron chi connectivity index (χ3n) is 1.88. The number of hydrogen-bond donors (Lipinski definition) is 0. The zero-order valence-corrected chi connectivity index (χ0v) is 9.11. The van der Waals surface area contributed by atoms with Gasteiger partial charge >= 0.3 is 0 Å². The van der Waals surface area contributed by atoms with Crippen LogP contribution in [-0.2, 0) is 11.8 Å². The summed E-state index contributed by atoms with van der Waals surface area (Å²) in [6, 6.07) is 1.87. The van der Waals surface area contributed by atoms with Gasteiger partial charge in [0, 0.05) is 18.7 Å². The van der Waals surface area contributed by atoms with Gasteiger partial charge in [0.25, 0.3) is 0 Å². The smallest absolute Gasteiger partial charge is 0.161 e. The molecule has 1 heterocycles. The Kier molecular flexibility index (Phi) is 2.89. The first-order chi connectivity index (χ1) is 6.39. The van der Waals surface area contributed by atoms with E-state index in [1.54, 1.807) is 16.8 Å². The highest BCUT2D eigenvalue weighted by Gasteiger charge is 2.17. The third kappa shape index (κ3) is 2.83. The second kappa shape index (κ2) is 3.78. The van der Waals surface area contributed by atoms with Crippen molar-refractivity contribution in [3.63, 3.8) is 0 Å². The van der Waals surface area contributed by atoms with E-state index in [-0.39, 0.29) is 11.2 Å². The lowest BCUT2D eigenvalue weighted by atomic mass is 9.90. The maximum atomic E-state index is 11.5. The van der Waals surface area contributed by atoms with Gasteiger partial charge in [-0.05, 0) is 18.2 Å². The molecular weight excluding hydrogens is 176 g/mol. The van der Waals surface area contributed by atoms with Crippen LogP contribution in [0.5, 0.6) is 0 Å². The maximum absolute atomic E-state index is 11.5. The molecule has 0 unspecified atom stereocenters. The molecule has 3 nitrogen and oxygen atoms in total. The van der Waals surface area contributed by atoms with Gasteiger partial charge in [0.1, 0.15) is 0 Å². The van der Waals surface area contributed by atoms with Gasteiger partial charge in [0.2, 0.25) is 0 Å². The second-order valence-corrected chi connectivity index (χ2v) is 4.36. The summed E-state index contributed by atoms with van der Waals surface area (Å²) in [6.45, 7) is 5.70. The van der Waals surface area contributed by atoms with Gasteiger partial charge in [0.05, 0.1) is 5.69 Å². The van der Waals surface area contributed by atoms with Crippen molar-refractivity contribution in [1.82, 2.24) is 9.78 Å². The first-order valence-corrected chi connectivity index (χ1v) is 4.62. The largest absolute Gasteiger partial charge is 0.294 e. The van der Waals surface area contributed by atoms with Crippen molar-refractivity contribution in [3.05, 3.63) is 24.0 Å². The Morgan fingerprint density at radius 1 is 1.50 bits per heavy atom. The van der Waals surface area contributed by atoms with Crippen molar-refractivity contribution in [2.75, 3.05) is 0 Å². The topological polar surface area (TPSA) is 34.9 Å². The molecule has 0 bridgehead atoms. The molecule has 0 N–H and O–H groups in total. The Balaban J connectivity index is 2.70. The van der Waals surface area contributed by atoms with E-state index in [1.807, 2.05) is 40.1 Å². The normalized spacial score (nSPS) is 12.3. The molecule has 0 fully saturated rings. The first kappa shape index (κ1) is 10.7. The average molecular weight is 192 g/mol. The Labute approximate surface area is 84.4 Å². The van der Waals surface area contributed by atoms with Crippen LogP contribution in [0.2, 0.25) is 0 Å². The third-order valence-corrected chi connectivity index (χ3v) is 1.88. The molecule has 0 spiro atoms. The number of ketones is 1. The Bertz CT molecular complexity index is 356. The molecule has 1 rings (SSSR count). The van der Waals surface area contributed by atoms with Gasteiger partial charge in [-0.15, -0.1) is 0 Å². The number of hydrogen-bond acceptors (Lipinski definition) is 2. The summed E-state index contributed by atoms with van der Waals surface area (Å²) in [6.07, 6.45) is 5.18. The Hall–Kier alpha value is -1.38. The number of rotatable bonds is 2. The van der Waals surface area contributed by atoms with Gasteiger partial charge in [0.15, 0.2) is 5.78 Å². The lowest BCUT2D eigenvalue weighted by Crippen LogP contribution is -2.17. The lowest BCUT2D eigenvalue weighted by Gasteiger charge is -2.12. The zero-order valence-electron chi connectivity index (χ0n) is 9.11. The predicted molar refractivity (Wildman–Crippen MR) is 56.7 cm³/mol. The molecule has 0 atom stereocenters. The van der Waals surface area contributed by atoms with E-state index in [4.69, 9.17) is 0 Å². The standard InChI is InChI=1S/C11H16N2O/c1-11(2,3)10(14)6-5-9-7-8-13(4)12-9/h5-8H,1-4H3/b6-5+. The molecule has 0 aliphatic carbocycles. The van der Waals surface area contributed by atoms with Crippen molar-refractivity contribution in [3.8, 4) is 0 Å². The second-order valence-electron chi connectivity index (χ2n) is 4.36. The summed E-state index contributed by atoms with van der Waals surface area (Å²) >= 11 is 0. The van der Waals surface area contributed by atoms with Gasteiger partial charge in [-0.1, -0.05) is 20.8 Å². The highest BCUT2D eigenvalue weighted by Crippen LogP contribution is 2.15. The van der Waals surface area contributed by atoms with Gasteiger partial charge in [-0.3, -0.25) is 9.48 Å². The van der Waals surface area contributed by atoms with Crippen LogP contribution in [0.3, 0.4) is 0 Å². The molecule has 0 saturated carbocycles.